The van der Waals surface area contributed by atoms with Crippen LogP contribution in [0, 0.1) is 5.41 Å². The summed E-state index contributed by atoms with van der Waals surface area (Å²) in [6.45, 7) is 2.94. The van der Waals surface area contributed by atoms with Gasteiger partial charge in [-0.25, -0.2) is 8.42 Å². The Hall–Kier alpha value is -2.09. The second-order valence-electron chi connectivity index (χ2n) is 7.79. The molecule has 0 unspecified atom stereocenters. The zero-order chi connectivity index (χ0) is 21.8. The molecule has 0 radical (unpaired) electrons. The van der Waals surface area contributed by atoms with Crippen LogP contribution < -0.4 is 10.5 Å². The largest absolute Gasteiger partial charge is 0.493 e. The van der Waals surface area contributed by atoms with Crippen molar-refractivity contribution in [3.63, 3.8) is 0 Å². The van der Waals surface area contributed by atoms with Crippen LogP contribution >= 0.6 is 11.6 Å². The molecule has 30 heavy (non-hydrogen) atoms. The van der Waals surface area contributed by atoms with Crippen LogP contribution in [0.2, 0.25) is 5.02 Å². The molecular weight excluding hydrogens is 424 g/mol. The minimum atomic E-state index is -3.58. The van der Waals surface area contributed by atoms with Gasteiger partial charge < -0.3 is 10.5 Å². The third-order valence-corrected chi connectivity index (χ3v) is 7.83. The minimum Gasteiger partial charge on any atom is -0.493 e. The van der Waals surface area contributed by atoms with Crippen molar-refractivity contribution in [1.82, 2.24) is 4.31 Å². The number of amides is 1. The van der Waals surface area contributed by atoms with Gasteiger partial charge in [0.25, 0.3) is 0 Å². The van der Waals surface area contributed by atoms with Crippen LogP contribution in [-0.2, 0) is 21.2 Å². The summed E-state index contributed by atoms with van der Waals surface area (Å²) in [4.78, 5) is 12.0. The fraction of sp³-hybridized carbons (Fsp3) is 0.409. The van der Waals surface area contributed by atoms with Crippen molar-refractivity contribution in [2.45, 2.75) is 37.5 Å². The molecule has 1 aliphatic heterocycles. The Labute approximate surface area is 183 Å². The minimum absolute atomic E-state index is 0.152. The predicted molar refractivity (Wildman–Crippen MR) is 117 cm³/mol. The molecule has 0 bridgehead atoms. The Morgan fingerprint density at radius 2 is 1.70 bits per heavy atom. The lowest BCUT2D eigenvalue weighted by Gasteiger charge is -2.40. The lowest BCUT2D eigenvalue weighted by Crippen LogP contribution is -2.47. The first-order valence-corrected chi connectivity index (χ1v) is 11.8. The Morgan fingerprint density at radius 3 is 2.23 bits per heavy atom. The first-order valence-electron chi connectivity index (χ1n) is 10.00. The third-order valence-electron chi connectivity index (χ3n) is 5.66. The molecule has 0 aliphatic carbocycles. The van der Waals surface area contributed by atoms with E-state index < -0.39 is 21.3 Å². The van der Waals surface area contributed by atoms with E-state index in [1.54, 1.807) is 36.4 Å². The zero-order valence-electron chi connectivity index (χ0n) is 17.0. The molecule has 0 atom stereocenters. The van der Waals surface area contributed by atoms with Gasteiger partial charge in [0.15, 0.2) is 0 Å². The van der Waals surface area contributed by atoms with Crippen molar-refractivity contribution in [3.05, 3.63) is 59.1 Å². The topological polar surface area (TPSA) is 89.7 Å². The van der Waals surface area contributed by atoms with Gasteiger partial charge >= 0.3 is 0 Å². The number of rotatable bonds is 8. The Morgan fingerprint density at radius 1 is 1.10 bits per heavy atom. The molecule has 2 N–H and O–H groups in total. The van der Waals surface area contributed by atoms with Crippen LogP contribution in [0.4, 0.5) is 0 Å². The molecule has 1 fully saturated rings. The molecule has 0 aromatic heterocycles. The van der Waals surface area contributed by atoms with E-state index in [1.807, 2.05) is 19.1 Å². The van der Waals surface area contributed by atoms with Gasteiger partial charge in [-0.1, -0.05) is 30.7 Å². The van der Waals surface area contributed by atoms with Crippen molar-refractivity contribution in [3.8, 4) is 5.75 Å². The van der Waals surface area contributed by atoms with E-state index in [2.05, 4.69) is 0 Å². The summed E-state index contributed by atoms with van der Waals surface area (Å²) >= 11 is 5.90. The van der Waals surface area contributed by atoms with E-state index in [4.69, 9.17) is 22.1 Å². The van der Waals surface area contributed by atoms with E-state index in [9.17, 15) is 13.2 Å². The fourth-order valence-corrected chi connectivity index (χ4v) is 5.32. The standard InChI is InChI=1S/C22H27ClN2O4S/c1-2-17-3-9-20(10-4-17)30(27,28)25-13-11-22(12-14-25,15-21(24)26)16-29-19-7-5-18(23)6-8-19/h3-10H,2,11-16H2,1H3,(H2,24,26). The quantitative estimate of drug-likeness (QED) is 0.665. The van der Waals surface area contributed by atoms with Gasteiger partial charge in [-0.3, -0.25) is 4.79 Å². The smallest absolute Gasteiger partial charge is 0.243 e. The maximum atomic E-state index is 13.0. The highest BCUT2D eigenvalue weighted by Crippen LogP contribution is 2.37. The molecule has 3 rings (SSSR count). The lowest BCUT2D eigenvalue weighted by atomic mass is 9.76. The number of nitrogens with zero attached hydrogens (tertiary/aromatic N) is 1. The summed E-state index contributed by atoms with van der Waals surface area (Å²) in [6.07, 6.45) is 2.00. The van der Waals surface area contributed by atoms with Crippen molar-refractivity contribution in [2.24, 2.45) is 11.1 Å². The number of halogens is 1. The molecule has 0 spiro atoms. The van der Waals surface area contributed by atoms with Crippen LogP contribution in [0.15, 0.2) is 53.4 Å². The van der Waals surface area contributed by atoms with Crippen LogP contribution in [0.1, 0.15) is 31.7 Å². The fourth-order valence-electron chi connectivity index (χ4n) is 3.76. The monoisotopic (exact) mass is 450 g/mol. The average molecular weight is 451 g/mol. The Kier molecular flexibility index (Phi) is 7.06. The molecule has 1 aliphatic rings. The zero-order valence-corrected chi connectivity index (χ0v) is 18.6. The van der Waals surface area contributed by atoms with Crippen LogP contribution in [-0.4, -0.2) is 38.3 Å². The van der Waals surface area contributed by atoms with E-state index in [1.165, 1.54) is 4.31 Å². The number of hydrogen-bond donors (Lipinski definition) is 1. The SMILES string of the molecule is CCc1ccc(S(=O)(=O)N2CCC(COc3ccc(Cl)cc3)(CC(N)=O)CC2)cc1. The molecule has 1 amide bonds. The number of piperidine rings is 1. The first-order chi connectivity index (χ1) is 14.2. The van der Waals surface area contributed by atoms with Crippen LogP contribution in [0.25, 0.3) is 0 Å². The normalized spacial score (nSPS) is 16.9. The molecular formula is C22H27ClN2O4S. The second-order valence-corrected chi connectivity index (χ2v) is 10.2. The molecule has 6 nitrogen and oxygen atoms in total. The number of hydrogen-bond acceptors (Lipinski definition) is 4. The summed E-state index contributed by atoms with van der Waals surface area (Å²) in [5.41, 5.74) is 6.09. The molecule has 1 saturated heterocycles. The number of benzene rings is 2. The molecule has 0 saturated carbocycles. The first kappa shape index (κ1) is 22.6. The molecule has 1 heterocycles. The van der Waals surface area contributed by atoms with Crippen LogP contribution in [0.3, 0.4) is 0 Å². The maximum Gasteiger partial charge on any atom is 0.243 e. The molecule has 2 aromatic rings. The van der Waals surface area contributed by atoms with E-state index in [0.29, 0.717) is 41.6 Å². The third kappa shape index (κ3) is 5.33. The van der Waals surface area contributed by atoms with Crippen molar-refractivity contribution in [2.75, 3.05) is 19.7 Å². The van der Waals surface area contributed by atoms with E-state index in [-0.39, 0.29) is 13.0 Å². The van der Waals surface area contributed by atoms with Crippen molar-refractivity contribution < 1.29 is 17.9 Å². The predicted octanol–water partition coefficient (Wildman–Crippen LogP) is 3.63. The highest BCUT2D eigenvalue weighted by atomic mass is 35.5. The van der Waals surface area contributed by atoms with Gasteiger partial charge in [0.1, 0.15) is 5.75 Å². The van der Waals surface area contributed by atoms with Crippen molar-refractivity contribution >= 4 is 27.5 Å². The summed E-state index contributed by atoms with van der Waals surface area (Å²) in [7, 11) is -3.58. The summed E-state index contributed by atoms with van der Waals surface area (Å²) in [5.74, 6) is 0.232. The number of ether oxygens (including phenoxy) is 1. The lowest BCUT2D eigenvalue weighted by molar-refractivity contribution is -0.121. The summed E-state index contributed by atoms with van der Waals surface area (Å²) in [6, 6.07) is 14.0. The van der Waals surface area contributed by atoms with Gasteiger partial charge in [-0.15, -0.1) is 0 Å². The number of carbonyl (C=O) groups is 1. The van der Waals surface area contributed by atoms with Gasteiger partial charge in [-0.05, 0) is 61.2 Å². The van der Waals surface area contributed by atoms with Crippen molar-refractivity contribution in [1.29, 1.82) is 0 Å². The molecule has 8 heteroatoms. The van der Waals surface area contributed by atoms with Gasteiger partial charge in [0.2, 0.25) is 15.9 Å². The Balaban J connectivity index is 1.70. The van der Waals surface area contributed by atoms with Gasteiger partial charge in [-0.2, -0.15) is 4.31 Å². The van der Waals surface area contributed by atoms with Crippen LogP contribution in [0.5, 0.6) is 5.75 Å². The number of sulfonamides is 1. The molecule has 2 aromatic carbocycles. The van der Waals surface area contributed by atoms with E-state index >= 15 is 0 Å². The number of primary amides is 1. The number of aryl methyl sites for hydroxylation is 1. The Bertz CT molecular complexity index is 967. The highest BCUT2D eigenvalue weighted by molar-refractivity contribution is 7.89. The summed E-state index contributed by atoms with van der Waals surface area (Å²) < 4.78 is 33.4. The van der Waals surface area contributed by atoms with E-state index in [0.717, 1.165) is 12.0 Å². The maximum absolute atomic E-state index is 13.0. The number of nitrogens with two attached hydrogens (primary N) is 1. The average Bonchev–Trinajstić information content (AvgIpc) is 2.73. The number of carbonyl (C=O) groups excluding carboxylic acids is 1. The van der Waals surface area contributed by atoms with Gasteiger partial charge in [0.05, 0.1) is 11.5 Å². The summed E-state index contributed by atoms with van der Waals surface area (Å²) in [5, 5.41) is 0.611. The van der Waals surface area contributed by atoms with Gasteiger partial charge in [0, 0.05) is 29.9 Å². The highest BCUT2D eigenvalue weighted by Gasteiger charge is 2.40. The molecule has 162 valence electrons. The second kappa shape index (κ2) is 9.37.